The summed E-state index contributed by atoms with van der Waals surface area (Å²) in [5.41, 5.74) is 4.51. The number of rotatable bonds is 6. The van der Waals surface area contributed by atoms with Gasteiger partial charge in [-0.3, -0.25) is 4.98 Å². The standard InChI is InChI=1S/C15H22N6/c1-4-7-13-19-14(10(2)15(20-13)21-16)18-11(3)12-8-5-6-9-17-12/h5-6,8-9,11H,4,7,16H2,1-3H3,(H2,18,19,20,21). The molecule has 2 heterocycles. The van der Waals surface area contributed by atoms with Crippen LogP contribution in [0, 0.1) is 6.92 Å². The van der Waals surface area contributed by atoms with Crippen molar-refractivity contribution in [3.8, 4) is 0 Å². The van der Waals surface area contributed by atoms with Crippen molar-refractivity contribution in [2.24, 2.45) is 5.84 Å². The summed E-state index contributed by atoms with van der Waals surface area (Å²) in [7, 11) is 0. The van der Waals surface area contributed by atoms with Crippen LogP contribution in [-0.2, 0) is 6.42 Å². The van der Waals surface area contributed by atoms with Gasteiger partial charge in [0.25, 0.3) is 0 Å². The third-order valence-electron chi connectivity index (χ3n) is 3.29. The average molecular weight is 286 g/mol. The predicted molar refractivity (Wildman–Crippen MR) is 84.8 cm³/mol. The summed E-state index contributed by atoms with van der Waals surface area (Å²) in [5, 5.41) is 3.39. The van der Waals surface area contributed by atoms with E-state index in [0.717, 1.165) is 35.7 Å². The first-order valence-electron chi connectivity index (χ1n) is 7.17. The molecule has 0 saturated carbocycles. The van der Waals surface area contributed by atoms with Gasteiger partial charge in [-0.15, -0.1) is 0 Å². The van der Waals surface area contributed by atoms with Crippen molar-refractivity contribution in [1.29, 1.82) is 0 Å². The lowest BCUT2D eigenvalue weighted by atomic mass is 10.2. The number of hydrazine groups is 1. The molecule has 6 heteroatoms. The quantitative estimate of drug-likeness (QED) is 0.559. The maximum Gasteiger partial charge on any atom is 0.148 e. The Kier molecular flexibility index (Phi) is 5.05. The molecule has 6 nitrogen and oxygen atoms in total. The summed E-state index contributed by atoms with van der Waals surface area (Å²) >= 11 is 0. The minimum Gasteiger partial charge on any atom is -0.362 e. The van der Waals surface area contributed by atoms with Gasteiger partial charge < -0.3 is 10.7 Å². The van der Waals surface area contributed by atoms with Crippen molar-refractivity contribution in [1.82, 2.24) is 15.0 Å². The van der Waals surface area contributed by atoms with Gasteiger partial charge in [0, 0.05) is 18.2 Å². The van der Waals surface area contributed by atoms with Crippen LogP contribution in [0.3, 0.4) is 0 Å². The Hall–Kier alpha value is -2.21. The van der Waals surface area contributed by atoms with Gasteiger partial charge in [-0.05, 0) is 32.4 Å². The number of anilines is 2. The van der Waals surface area contributed by atoms with E-state index in [9.17, 15) is 0 Å². The monoisotopic (exact) mass is 286 g/mol. The molecule has 0 spiro atoms. The Morgan fingerprint density at radius 3 is 2.62 bits per heavy atom. The van der Waals surface area contributed by atoms with Crippen LogP contribution in [0.5, 0.6) is 0 Å². The van der Waals surface area contributed by atoms with Crippen molar-refractivity contribution in [3.05, 3.63) is 41.5 Å². The van der Waals surface area contributed by atoms with Gasteiger partial charge in [0.15, 0.2) is 0 Å². The number of pyridine rings is 1. The second-order valence-electron chi connectivity index (χ2n) is 4.98. The summed E-state index contributed by atoms with van der Waals surface area (Å²) in [4.78, 5) is 13.4. The molecule has 1 atom stereocenters. The van der Waals surface area contributed by atoms with E-state index in [1.165, 1.54) is 0 Å². The summed E-state index contributed by atoms with van der Waals surface area (Å²) in [5.74, 6) is 7.78. The average Bonchev–Trinajstić information content (AvgIpc) is 2.51. The van der Waals surface area contributed by atoms with Crippen LogP contribution in [0.1, 0.15) is 43.4 Å². The van der Waals surface area contributed by atoms with Gasteiger partial charge in [0.1, 0.15) is 17.5 Å². The number of hydrogen-bond donors (Lipinski definition) is 3. The van der Waals surface area contributed by atoms with E-state index in [1.807, 2.05) is 25.1 Å². The largest absolute Gasteiger partial charge is 0.362 e. The Balaban J connectivity index is 2.28. The van der Waals surface area contributed by atoms with E-state index in [1.54, 1.807) is 6.20 Å². The molecular formula is C15H22N6. The topological polar surface area (TPSA) is 88.8 Å². The van der Waals surface area contributed by atoms with E-state index in [-0.39, 0.29) is 6.04 Å². The fourth-order valence-corrected chi connectivity index (χ4v) is 2.09. The molecule has 2 aromatic heterocycles. The Morgan fingerprint density at radius 2 is 2.00 bits per heavy atom. The van der Waals surface area contributed by atoms with Gasteiger partial charge in [-0.1, -0.05) is 13.0 Å². The maximum absolute atomic E-state index is 5.55. The molecule has 4 N–H and O–H groups in total. The molecule has 0 amide bonds. The molecule has 0 radical (unpaired) electrons. The van der Waals surface area contributed by atoms with E-state index < -0.39 is 0 Å². The highest BCUT2D eigenvalue weighted by molar-refractivity contribution is 5.57. The molecule has 21 heavy (non-hydrogen) atoms. The van der Waals surface area contributed by atoms with Crippen molar-refractivity contribution in [3.63, 3.8) is 0 Å². The number of nitrogens with zero attached hydrogens (tertiary/aromatic N) is 3. The summed E-state index contributed by atoms with van der Waals surface area (Å²) < 4.78 is 0. The van der Waals surface area contributed by atoms with Gasteiger partial charge in [-0.2, -0.15) is 0 Å². The number of nitrogens with one attached hydrogen (secondary N) is 2. The van der Waals surface area contributed by atoms with Crippen molar-refractivity contribution in [2.75, 3.05) is 10.7 Å². The first-order valence-corrected chi connectivity index (χ1v) is 7.17. The lowest BCUT2D eigenvalue weighted by Gasteiger charge is -2.18. The molecule has 0 aliphatic rings. The molecule has 1 unspecified atom stereocenters. The minimum atomic E-state index is 0.0555. The van der Waals surface area contributed by atoms with Crippen LogP contribution in [0.15, 0.2) is 24.4 Å². The lowest BCUT2D eigenvalue weighted by molar-refractivity contribution is 0.801. The van der Waals surface area contributed by atoms with Crippen LogP contribution in [0.25, 0.3) is 0 Å². The van der Waals surface area contributed by atoms with Crippen LogP contribution < -0.4 is 16.6 Å². The zero-order valence-electron chi connectivity index (χ0n) is 12.7. The van der Waals surface area contributed by atoms with Crippen molar-refractivity contribution >= 4 is 11.6 Å². The lowest BCUT2D eigenvalue weighted by Crippen LogP contribution is -2.16. The van der Waals surface area contributed by atoms with Gasteiger partial charge in [-0.25, -0.2) is 15.8 Å². The third-order valence-corrected chi connectivity index (χ3v) is 3.29. The smallest absolute Gasteiger partial charge is 0.148 e. The highest BCUT2D eigenvalue weighted by Gasteiger charge is 2.13. The zero-order chi connectivity index (χ0) is 15.2. The molecule has 0 aromatic carbocycles. The number of hydrogen-bond acceptors (Lipinski definition) is 6. The Morgan fingerprint density at radius 1 is 1.24 bits per heavy atom. The molecule has 112 valence electrons. The number of aromatic nitrogens is 3. The SMILES string of the molecule is CCCc1nc(NN)c(C)c(NC(C)c2ccccn2)n1. The second-order valence-corrected chi connectivity index (χ2v) is 4.98. The molecule has 0 saturated heterocycles. The fraction of sp³-hybridized carbons (Fsp3) is 0.400. The molecule has 0 aliphatic carbocycles. The summed E-state index contributed by atoms with van der Waals surface area (Å²) in [6, 6.07) is 5.92. The first-order chi connectivity index (χ1) is 10.2. The van der Waals surface area contributed by atoms with E-state index >= 15 is 0 Å². The minimum absolute atomic E-state index is 0.0555. The van der Waals surface area contributed by atoms with Crippen LogP contribution >= 0.6 is 0 Å². The first kappa shape index (κ1) is 15.2. The third kappa shape index (κ3) is 3.66. The van der Waals surface area contributed by atoms with Crippen LogP contribution in [-0.4, -0.2) is 15.0 Å². The summed E-state index contributed by atoms with van der Waals surface area (Å²) in [6.45, 7) is 6.10. The summed E-state index contributed by atoms with van der Waals surface area (Å²) in [6.07, 6.45) is 3.60. The maximum atomic E-state index is 5.55. The highest BCUT2D eigenvalue weighted by Crippen LogP contribution is 2.23. The molecule has 0 aliphatic heterocycles. The van der Waals surface area contributed by atoms with Crippen LogP contribution in [0.4, 0.5) is 11.6 Å². The predicted octanol–water partition coefficient (Wildman–Crippen LogP) is 2.59. The number of nitrogen functional groups attached to an aromatic ring is 1. The molecular weight excluding hydrogens is 264 g/mol. The van der Waals surface area contributed by atoms with E-state index in [2.05, 4.69) is 39.5 Å². The number of aryl methyl sites for hydroxylation is 1. The van der Waals surface area contributed by atoms with Crippen LogP contribution in [0.2, 0.25) is 0 Å². The fourth-order valence-electron chi connectivity index (χ4n) is 2.09. The molecule has 0 fully saturated rings. The molecule has 0 bridgehead atoms. The Labute approximate surface area is 125 Å². The molecule has 2 rings (SSSR count). The van der Waals surface area contributed by atoms with E-state index in [0.29, 0.717) is 5.82 Å². The van der Waals surface area contributed by atoms with Crippen molar-refractivity contribution in [2.45, 2.75) is 39.7 Å². The Bertz CT molecular complexity index is 584. The highest BCUT2D eigenvalue weighted by atomic mass is 15.3. The van der Waals surface area contributed by atoms with Gasteiger partial charge in [0.2, 0.25) is 0 Å². The van der Waals surface area contributed by atoms with Gasteiger partial charge >= 0.3 is 0 Å². The number of nitrogens with two attached hydrogens (primary N) is 1. The molecule has 2 aromatic rings. The van der Waals surface area contributed by atoms with Gasteiger partial charge in [0.05, 0.1) is 11.7 Å². The second kappa shape index (κ2) is 6.99. The zero-order valence-corrected chi connectivity index (χ0v) is 12.7. The van der Waals surface area contributed by atoms with Crippen molar-refractivity contribution < 1.29 is 0 Å². The normalized spacial score (nSPS) is 12.0. The van der Waals surface area contributed by atoms with E-state index in [4.69, 9.17) is 5.84 Å².